The first-order valence-electron chi connectivity index (χ1n) is 3.90. The average molecular weight is 281 g/mol. The molecule has 0 bridgehead atoms. The lowest BCUT2D eigenvalue weighted by molar-refractivity contribution is -0.0877. The lowest BCUT2D eigenvalue weighted by Crippen LogP contribution is -2.05. The Kier molecular flexibility index (Phi) is 7.98. The van der Waals surface area contributed by atoms with Gasteiger partial charge in [-0.2, -0.15) is 0 Å². The van der Waals surface area contributed by atoms with Crippen LogP contribution in [0.2, 0.25) is 0 Å². The monoisotopic (exact) mass is 280 g/mol. The molecule has 0 radical (unpaired) electrons. The van der Waals surface area contributed by atoms with E-state index in [1.807, 2.05) is 13.0 Å². The SMILES string of the molecule is COC(C)OC.O=Cc1ccc(Br)s1. The van der Waals surface area contributed by atoms with E-state index in [0.717, 1.165) is 14.9 Å². The second kappa shape index (κ2) is 8.11. The Morgan fingerprint density at radius 3 is 2.14 bits per heavy atom. The molecule has 80 valence electrons. The van der Waals surface area contributed by atoms with E-state index in [-0.39, 0.29) is 6.29 Å². The van der Waals surface area contributed by atoms with Crippen molar-refractivity contribution in [2.24, 2.45) is 0 Å². The summed E-state index contributed by atoms with van der Waals surface area (Å²) in [6, 6.07) is 3.64. The highest BCUT2D eigenvalue weighted by Gasteiger charge is 1.91. The maximum absolute atomic E-state index is 10.0. The minimum Gasteiger partial charge on any atom is -0.356 e. The molecule has 5 heteroatoms. The van der Waals surface area contributed by atoms with Crippen molar-refractivity contribution in [3.8, 4) is 0 Å². The topological polar surface area (TPSA) is 35.5 Å². The van der Waals surface area contributed by atoms with E-state index in [1.165, 1.54) is 11.3 Å². The molecule has 0 fully saturated rings. The van der Waals surface area contributed by atoms with Gasteiger partial charge in [-0.1, -0.05) is 0 Å². The largest absolute Gasteiger partial charge is 0.356 e. The maximum Gasteiger partial charge on any atom is 0.160 e. The first-order chi connectivity index (χ1) is 6.63. The molecule has 0 spiro atoms. The van der Waals surface area contributed by atoms with Gasteiger partial charge in [0.25, 0.3) is 0 Å². The number of methoxy groups -OCH3 is 2. The van der Waals surface area contributed by atoms with Gasteiger partial charge >= 0.3 is 0 Å². The van der Waals surface area contributed by atoms with Crippen LogP contribution in [0.25, 0.3) is 0 Å². The van der Waals surface area contributed by atoms with E-state index in [1.54, 1.807) is 20.3 Å². The van der Waals surface area contributed by atoms with Gasteiger partial charge in [-0.05, 0) is 35.0 Å². The van der Waals surface area contributed by atoms with Crippen molar-refractivity contribution < 1.29 is 14.3 Å². The predicted octanol–water partition coefficient (Wildman–Crippen LogP) is 2.95. The van der Waals surface area contributed by atoms with Crippen molar-refractivity contribution >= 4 is 33.6 Å². The van der Waals surface area contributed by atoms with Crippen LogP contribution < -0.4 is 0 Å². The highest BCUT2D eigenvalue weighted by molar-refractivity contribution is 9.11. The summed E-state index contributed by atoms with van der Waals surface area (Å²) in [4.78, 5) is 10.8. The normalized spacial score (nSPS) is 9.50. The quantitative estimate of drug-likeness (QED) is 0.631. The minimum absolute atomic E-state index is 0.0648. The number of halogens is 1. The fraction of sp³-hybridized carbons (Fsp3) is 0.444. The van der Waals surface area contributed by atoms with Crippen molar-refractivity contribution in [2.45, 2.75) is 13.2 Å². The molecule has 3 nitrogen and oxygen atoms in total. The summed E-state index contributed by atoms with van der Waals surface area (Å²) in [7, 11) is 3.21. The number of hydrogen-bond donors (Lipinski definition) is 0. The zero-order chi connectivity index (χ0) is 11.0. The van der Waals surface area contributed by atoms with Crippen LogP contribution in [-0.2, 0) is 9.47 Å². The standard InChI is InChI=1S/C5H3BrOS.C4H10O2/c6-5-2-1-4(3-7)8-5;1-4(5-2)6-3/h1-3H;4H,1-3H3. The van der Waals surface area contributed by atoms with Gasteiger partial charge in [0.2, 0.25) is 0 Å². The van der Waals surface area contributed by atoms with Crippen molar-refractivity contribution in [1.82, 2.24) is 0 Å². The summed E-state index contributed by atoms with van der Waals surface area (Å²) in [5.41, 5.74) is 0. The van der Waals surface area contributed by atoms with E-state index < -0.39 is 0 Å². The number of ether oxygens (including phenoxy) is 2. The lowest BCUT2D eigenvalue weighted by Gasteiger charge is -2.03. The van der Waals surface area contributed by atoms with Crippen molar-refractivity contribution in [2.75, 3.05) is 14.2 Å². The molecule has 0 aromatic carbocycles. The molecule has 0 saturated heterocycles. The third-order valence-electron chi connectivity index (χ3n) is 1.37. The van der Waals surface area contributed by atoms with Crippen molar-refractivity contribution in [1.29, 1.82) is 0 Å². The molecule has 0 amide bonds. The fourth-order valence-corrected chi connectivity index (χ4v) is 1.73. The van der Waals surface area contributed by atoms with E-state index in [4.69, 9.17) is 0 Å². The van der Waals surface area contributed by atoms with Gasteiger partial charge in [-0.25, -0.2) is 0 Å². The number of aldehydes is 1. The molecule has 0 atom stereocenters. The minimum atomic E-state index is -0.0648. The number of carbonyl (C=O) groups is 1. The third kappa shape index (κ3) is 6.26. The van der Waals surface area contributed by atoms with Gasteiger partial charge < -0.3 is 9.47 Å². The first-order valence-corrected chi connectivity index (χ1v) is 5.51. The molecule has 0 aliphatic carbocycles. The van der Waals surface area contributed by atoms with Gasteiger partial charge in [0.15, 0.2) is 12.6 Å². The molecule has 1 rings (SSSR count). The van der Waals surface area contributed by atoms with E-state index in [0.29, 0.717) is 0 Å². The zero-order valence-electron chi connectivity index (χ0n) is 8.32. The molecular weight excluding hydrogens is 268 g/mol. The van der Waals surface area contributed by atoms with E-state index in [2.05, 4.69) is 25.4 Å². The summed E-state index contributed by atoms with van der Waals surface area (Å²) in [5.74, 6) is 0. The summed E-state index contributed by atoms with van der Waals surface area (Å²) in [6.07, 6.45) is 0.778. The molecular formula is C9H13BrO3S. The second-order valence-corrected chi connectivity index (χ2v) is 4.79. The van der Waals surface area contributed by atoms with E-state index in [9.17, 15) is 4.79 Å². The molecule has 0 saturated carbocycles. The van der Waals surface area contributed by atoms with Gasteiger partial charge in [0.1, 0.15) is 0 Å². The highest BCUT2D eigenvalue weighted by Crippen LogP contribution is 2.19. The molecule has 0 aliphatic rings. The molecule has 0 unspecified atom stereocenters. The Morgan fingerprint density at radius 1 is 1.43 bits per heavy atom. The van der Waals surface area contributed by atoms with Crippen molar-refractivity contribution in [3.63, 3.8) is 0 Å². The fourth-order valence-electron chi connectivity index (χ4n) is 0.488. The van der Waals surface area contributed by atoms with Crippen LogP contribution in [0.4, 0.5) is 0 Å². The molecule has 1 aromatic rings. The number of thiophene rings is 1. The Balaban J connectivity index is 0.000000255. The molecule has 0 aliphatic heterocycles. The van der Waals surface area contributed by atoms with Crippen LogP contribution in [0.3, 0.4) is 0 Å². The van der Waals surface area contributed by atoms with Gasteiger partial charge in [-0.3, -0.25) is 4.79 Å². The van der Waals surface area contributed by atoms with Crippen LogP contribution in [0.15, 0.2) is 15.9 Å². The van der Waals surface area contributed by atoms with Crippen LogP contribution in [0.1, 0.15) is 16.6 Å². The second-order valence-electron chi connectivity index (χ2n) is 2.30. The molecule has 14 heavy (non-hydrogen) atoms. The first kappa shape index (κ1) is 13.8. The number of carbonyl (C=O) groups excluding carboxylic acids is 1. The Morgan fingerprint density at radius 2 is 2.00 bits per heavy atom. The van der Waals surface area contributed by atoms with Gasteiger partial charge in [0, 0.05) is 14.2 Å². The maximum atomic E-state index is 10.0. The number of rotatable bonds is 3. The van der Waals surface area contributed by atoms with Crippen LogP contribution >= 0.6 is 27.3 Å². The summed E-state index contributed by atoms with van der Waals surface area (Å²) in [5, 5.41) is 0. The van der Waals surface area contributed by atoms with Crippen LogP contribution in [-0.4, -0.2) is 26.8 Å². The summed E-state index contributed by atoms with van der Waals surface area (Å²) >= 11 is 4.67. The Hall–Kier alpha value is -0.230. The van der Waals surface area contributed by atoms with Crippen LogP contribution in [0, 0.1) is 0 Å². The predicted molar refractivity (Wildman–Crippen MR) is 60.9 cm³/mol. The third-order valence-corrected chi connectivity index (χ3v) is 2.92. The van der Waals surface area contributed by atoms with Gasteiger partial charge in [-0.15, -0.1) is 11.3 Å². The average Bonchev–Trinajstić information content (AvgIpc) is 2.64. The lowest BCUT2D eigenvalue weighted by atomic mass is 10.5. The molecule has 0 N–H and O–H groups in total. The molecule has 1 aromatic heterocycles. The zero-order valence-corrected chi connectivity index (χ0v) is 10.7. The Bertz CT molecular complexity index is 258. The Labute approximate surface area is 96.2 Å². The smallest absolute Gasteiger partial charge is 0.160 e. The van der Waals surface area contributed by atoms with Gasteiger partial charge in [0.05, 0.1) is 8.66 Å². The number of hydrogen-bond acceptors (Lipinski definition) is 4. The highest BCUT2D eigenvalue weighted by atomic mass is 79.9. The van der Waals surface area contributed by atoms with Crippen LogP contribution in [0.5, 0.6) is 0 Å². The van der Waals surface area contributed by atoms with Crippen molar-refractivity contribution in [3.05, 3.63) is 20.8 Å². The van der Waals surface area contributed by atoms with E-state index >= 15 is 0 Å². The summed E-state index contributed by atoms with van der Waals surface area (Å²) < 4.78 is 10.4. The molecule has 1 heterocycles. The summed E-state index contributed by atoms with van der Waals surface area (Å²) in [6.45, 7) is 1.83.